The molecule has 3 rings (SSSR count). The van der Waals surface area contributed by atoms with Crippen molar-refractivity contribution in [3.05, 3.63) is 36.0 Å². The first-order chi connectivity index (χ1) is 11.1. The second kappa shape index (κ2) is 7.19. The van der Waals surface area contributed by atoms with Crippen molar-refractivity contribution in [3.63, 3.8) is 0 Å². The first kappa shape index (κ1) is 16.1. The summed E-state index contributed by atoms with van der Waals surface area (Å²) >= 11 is 0. The molecule has 1 saturated carbocycles. The Morgan fingerprint density at radius 3 is 2.74 bits per heavy atom. The summed E-state index contributed by atoms with van der Waals surface area (Å²) in [6.45, 7) is 1.35. The number of nitrogens with zero attached hydrogens (tertiary/aromatic N) is 3. The van der Waals surface area contributed by atoms with Gasteiger partial charge in [0.25, 0.3) is 0 Å². The average molecular weight is 319 g/mol. The minimum absolute atomic E-state index is 0.205. The van der Waals surface area contributed by atoms with Gasteiger partial charge in [-0.2, -0.15) is 4.98 Å². The smallest absolute Gasteiger partial charge is 0.241 e. The lowest BCUT2D eigenvalue weighted by Gasteiger charge is -2.30. The van der Waals surface area contributed by atoms with Crippen LogP contribution in [0.5, 0.6) is 0 Å². The number of hydrogen-bond donors (Lipinski definition) is 1. The van der Waals surface area contributed by atoms with Crippen molar-refractivity contribution in [2.45, 2.75) is 38.3 Å². The van der Waals surface area contributed by atoms with Crippen molar-refractivity contribution >= 4 is 0 Å². The summed E-state index contributed by atoms with van der Waals surface area (Å²) in [5.41, 5.74) is 0.728. The Balaban J connectivity index is 1.58. The molecule has 0 spiro atoms. The van der Waals surface area contributed by atoms with Crippen LogP contribution in [0.15, 0.2) is 28.8 Å². The van der Waals surface area contributed by atoms with E-state index in [0.29, 0.717) is 24.2 Å². The van der Waals surface area contributed by atoms with Crippen LogP contribution in [0.2, 0.25) is 0 Å². The van der Waals surface area contributed by atoms with Crippen LogP contribution in [0.4, 0.5) is 4.39 Å². The van der Waals surface area contributed by atoms with Crippen molar-refractivity contribution in [1.82, 2.24) is 15.0 Å². The lowest BCUT2D eigenvalue weighted by molar-refractivity contribution is 0.0484. The Kier molecular flexibility index (Phi) is 5.03. The minimum atomic E-state index is -0.289. The molecule has 6 heteroatoms. The third-order valence-electron chi connectivity index (χ3n) is 4.39. The quantitative estimate of drug-likeness (QED) is 0.918. The zero-order valence-corrected chi connectivity index (χ0v) is 13.3. The van der Waals surface area contributed by atoms with Gasteiger partial charge in [0, 0.05) is 12.1 Å². The van der Waals surface area contributed by atoms with Gasteiger partial charge < -0.3 is 9.63 Å². The van der Waals surface area contributed by atoms with Gasteiger partial charge in [0.15, 0.2) is 0 Å². The van der Waals surface area contributed by atoms with E-state index in [-0.39, 0.29) is 11.9 Å². The highest BCUT2D eigenvalue weighted by atomic mass is 19.1. The molecule has 1 fully saturated rings. The van der Waals surface area contributed by atoms with Gasteiger partial charge >= 0.3 is 0 Å². The molecule has 0 saturated heterocycles. The maximum absolute atomic E-state index is 12.9. The van der Waals surface area contributed by atoms with E-state index in [2.05, 4.69) is 15.0 Å². The van der Waals surface area contributed by atoms with Crippen LogP contribution in [-0.2, 0) is 6.54 Å². The largest absolute Gasteiger partial charge is 0.393 e. The number of benzene rings is 1. The standard InChI is InChI=1S/C17H22FN3O2/c1-21(10-13-4-2-3-5-15(13)22)11-16-19-17(20-23-16)12-6-8-14(18)9-7-12/h6-9,13,15,22H,2-5,10-11H2,1H3. The van der Waals surface area contributed by atoms with Gasteiger partial charge in [0.05, 0.1) is 12.6 Å². The molecule has 2 atom stereocenters. The third kappa shape index (κ3) is 4.14. The molecule has 5 nitrogen and oxygen atoms in total. The molecule has 1 aromatic heterocycles. The van der Waals surface area contributed by atoms with E-state index in [0.717, 1.165) is 31.4 Å². The number of halogens is 1. The zero-order valence-electron chi connectivity index (χ0n) is 13.3. The van der Waals surface area contributed by atoms with Crippen LogP contribution in [0.1, 0.15) is 31.6 Å². The van der Waals surface area contributed by atoms with Crippen LogP contribution in [0.25, 0.3) is 11.4 Å². The molecule has 23 heavy (non-hydrogen) atoms. The predicted octanol–water partition coefficient (Wildman–Crippen LogP) is 2.86. The van der Waals surface area contributed by atoms with Crippen molar-refractivity contribution < 1.29 is 14.0 Å². The fourth-order valence-electron chi connectivity index (χ4n) is 3.13. The molecular weight excluding hydrogens is 297 g/mol. The Morgan fingerprint density at radius 2 is 2.00 bits per heavy atom. The Morgan fingerprint density at radius 1 is 1.26 bits per heavy atom. The van der Waals surface area contributed by atoms with E-state index in [9.17, 15) is 9.50 Å². The summed E-state index contributed by atoms with van der Waals surface area (Å²) in [4.78, 5) is 6.46. The van der Waals surface area contributed by atoms with Gasteiger partial charge in [-0.1, -0.05) is 18.0 Å². The van der Waals surface area contributed by atoms with Crippen LogP contribution < -0.4 is 0 Å². The molecule has 0 bridgehead atoms. The number of rotatable bonds is 5. The van der Waals surface area contributed by atoms with Crippen molar-refractivity contribution in [2.75, 3.05) is 13.6 Å². The highest BCUT2D eigenvalue weighted by Gasteiger charge is 2.24. The maximum Gasteiger partial charge on any atom is 0.241 e. The number of aliphatic hydroxyl groups excluding tert-OH is 1. The molecule has 1 aliphatic carbocycles. The van der Waals surface area contributed by atoms with Crippen molar-refractivity contribution in [2.24, 2.45) is 5.92 Å². The van der Waals surface area contributed by atoms with Crippen LogP contribution >= 0.6 is 0 Å². The molecule has 0 radical (unpaired) electrons. The summed E-state index contributed by atoms with van der Waals surface area (Å²) < 4.78 is 18.2. The lowest BCUT2D eigenvalue weighted by Crippen LogP contribution is -2.34. The van der Waals surface area contributed by atoms with Crippen LogP contribution in [0.3, 0.4) is 0 Å². The van der Waals surface area contributed by atoms with Gasteiger partial charge in [0.1, 0.15) is 5.82 Å². The Labute approximate surface area is 135 Å². The molecule has 0 aliphatic heterocycles. The topological polar surface area (TPSA) is 62.4 Å². The van der Waals surface area contributed by atoms with Crippen LogP contribution in [-0.4, -0.2) is 39.8 Å². The molecule has 2 unspecified atom stereocenters. The molecule has 124 valence electrons. The molecule has 1 N–H and O–H groups in total. The molecule has 1 aromatic carbocycles. The van der Waals surface area contributed by atoms with Gasteiger partial charge in [-0.15, -0.1) is 0 Å². The first-order valence-electron chi connectivity index (χ1n) is 8.07. The molecule has 0 amide bonds. The summed E-state index contributed by atoms with van der Waals surface area (Å²) in [5, 5.41) is 14.0. The van der Waals surface area contributed by atoms with Gasteiger partial charge in [-0.05, 0) is 50.1 Å². The van der Waals surface area contributed by atoms with Gasteiger partial charge in [0.2, 0.25) is 11.7 Å². The second-order valence-electron chi connectivity index (χ2n) is 6.33. The zero-order chi connectivity index (χ0) is 16.2. The number of hydrogen-bond acceptors (Lipinski definition) is 5. The first-order valence-corrected chi connectivity index (χ1v) is 8.07. The SMILES string of the molecule is CN(Cc1nc(-c2ccc(F)cc2)no1)CC1CCCCC1O. The predicted molar refractivity (Wildman–Crippen MR) is 84.0 cm³/mol. The van der Waals surface area contributed by atoms with E-state index in [1.807, 2.05) is 7.05 Å². The third-order valence-corrected chi connectivity index (χ3v) is 4.39. The lowest BCUT2D eigenvalue weighted by atomic mass is 9.86. The fourth-order valence-corrected chi connectivity index (χ4v) is 3.13. The normalized spacial score (nSPS) is 21.7. The van der Waals surface area contributed by atoms with E-state index in [4.69, 9.17) is 4.52 Å². The fraction of sp³-hybridized carbons (Fsp3) is 0.529. The van der Waals surface area contributed by atoms with E-state index in [1.54, 1.807) is 12.1 Å². The highest BCUT2D eigenvalue weighted by Crippen LogP contribution is 2.25. The number of aliphatic hydroxyl groups is 1. The van der Waals surface area contributed by atoms with Crippen LogP contribution in [0, 0.1) is 11.7 Å². The highest BCUT2D eigenvalue weighted by molar-refractivity contribution is 5.53. The number of aromatic nitrogens is 2. The monoisotopic (exact) mass is 319 g/mol. The van der Waals surface area contributed by atoms with Gasteiger partial charge in [-0.25, -0.2) is 4.39 Å². The summed E-state index contributed by atoms with van der Waals surface area (Å²) in [6.07, 6.45) is 4.06. The summed E-state index contributed by atoms with van der Waals surface area (Å²) in [6, 6.07) is 6.02. The Bertz CT molecular complexity index is 629. The molecule has 1 aliphatic rings. The Hall–Kier alpha value is -1.79. The van der Waals surface area contributed by atoms with Crippen molar-refractivity contribution in [3.8, 4) is 11.4 Å². The van der Waals surface area contributed by atoms with E-state index in [1.165, 1.54) is 18.6 Å². The minimum Gasteiger partial charge on any atom is -0.393 e. The van der Waals surface area contributed by atoms with Gasteiger partial charge in [-0.3, -0.25) is 4.90 Å². The summed E-state index contributed by atoms with van der Waals surface area (Å²) in [7, 11) is 1.99. The second-order valence-corrected chi connectivity index (χ2v) is 6.33. The molecular formula is C17H22FN3O2. The molecule has 2 aromatic rings. The average Bonchev–Trinajstić information content (AvgIpc) is 2.98. The van der Waals surface area contributed by atoms with E-state index >= 15 is 0 Å². The summed E-state index contributed by atoms with van der Waals surface area (Å²) in [5.74, 6) is 1.01. The maximum atomic E-state index is 12.9. The van der Waals surface area contributed by atoms with E-state index < -0.39 is 0 Å². The van der Waals surface area contributed by atoms with Crippen molar-refractivity contribution in [1.29, 1.82) is 0 Å². The molecule has 1 heterocycles.